The van der Waals surface area contributed by atoms with Gasteiger partial charge in [-0.15, -0.1) is 0 Å². The van der Waals surface area contributed by atoms with Gasteiger partial charge in [0.15, 0.2) is 5.69 Å². The van der Waals surface area contributed by atoms with Crippen LogP contribution in [0, 0.1) is 0 Å². The van der Waals surface area contributed by atoms with Gasteiger partial charge in [0.25, 0.3) is 11.8 Å². The monoisotopic (exact) mass is 471 g/mol. The second kappa shape index (κ2) is 10.8. The van der Waals surface area contributed by atoms with Crippen molar-refractivity contribution in [2.75, 3.05) is 0 Å². The van der Waals surface area contributed by atoms with Crippen LogP contribution in [0.25, 0.3) is 22.7 Å². The van der Waals surface area contributed by atoms with E-state index in [1.54, 1.807) is 6.07 Å². The summed E-state index contributed by atoms with van der Waals surface area (Å²) >= 11 is 0. The van der Waals surface area contributed by atoms with Crippen molar-refractivity contribution in [3.63, 3.8) is 0 Å². The molecule has 2 amide bonds. The molecule has 2 aromatic heterocycles. The average molecular weight is 472 g/mol. The van der Waals surface area contributed by atoms with Crippen LogP contribution in [0.2, 0.25) is 0 Å². The molecule has 8 heteroatoms. The Hall–Kier alpha value is -4.20. The molecule has 0 unspecified atom stereocenters. The van der Waals surface area contributed by atoms with Gasteiger partial charge in [0.1, 0.15) is 0 Å². The Labute approximate surface area is 204 Å². The minimum atomic E-state index is -0.335. The number of hydrogen-bond donors (Lipinski definition) is 3. The van der Waals surface area contributed by atoms with E-state index in [9.17, 15) is 9.59 Å². The quantitative estimate of drug-likeness (QED) is 0.313. The zero-order valence-corrected chi connectivity index (χ0v) is 20.0. The molecule has 0 bridgehead atoms. The van der Waals surface area contributed by atoms with Crippen LogP contribution in [0.15, 0.2) is 71.3 Å². The van der Waals surface area contributed by atoms with Crippen LogP contribution in [0.4, 0.5) is 0 Å². The molecule has 0 aliphatic carbocycles. The highest BCUT2D eigenvalue weighted by atomic mass is 16.4. The lowest BCUT2D eigenvalue weighted by molar-refractivity contribution is 0.0909. The number of H-pyrrole nitrogens is 1. The Kier molecular flexibility index (Phi) is 7.40. The third-order valence-electron chi connectivity index (χ3n) is 5.93. The summed E-state index contributed by atoms with van der Waals surface area (Å²) in [6.45, 7) is 5.99. The molecule has 0 aliphatic heterocycles. The van der Waals surface area contributed by atoms with Crippen molar-refractivity contribution < 1.29 is 14.0 Å². The largest absolute Gasteiger partial charge is 0.431 e. The lowest BCUT2D eigenvalue weighted by atomic mass is 10.1. The van der Waals surface area contributed by atoms with Crippen molar-refractivity contribution >= 4 is 11.8 Å². The van der Waals surface area contributed by atoms with Gasteiger partial charge in [-0.2, -0.15) is 5.10 Å². The highest BCUT2D eigenvalue weighted by molar-refractivity contribution is 5.93. The lowest BCUT2D eigenvalue weighted by Crippen LogP contribution is -2.33. The smallest absolute Gasteiger partial charge is 0.289 e. The zero-order valence-electron chi connectivity index (χ0n) is 20.0. The van der Waals surface area contributed by atoms with E-state index in [-0.39, 0.29) is 29.7 Å². The van der Waals surface area contributed by atoms with Gasteiger partial charge in [0.2, 0.25) is 11.7 Å². The Morgan fingerprint density at radius 3 is 2.43 bits per heavy atom. The zero-order chi connectivity index (χ0) is 24.8. The van der Waals surface area contributed by atoms with Crippen molar-refractivity contribution in [2.45, 2.75) is 45.7 Å². The molecular weight excluding hydrogens is 442 g/mol. The molecule has 180 valence electrons. The molecule has 0 saturated heterocycles. The van der Waals surface area contributed by atoms with Gasteiger partial charge >= 0.3 is 0 Å². The highest BCUT2D eigenvalue weighted by Crippen LogP contribution is 2.26. The minimum Gasteiger partial charge on any atom is -0.431 e. The molecule has 0 aliphatic rings. The van der Waals surface area contributed by atoms with Crippen molar-refractivity contribution in [3.8, 4) is 22.7 Å². The van der Waals surface area contributed by atoms with E-state index in [2.05, 4.69) is 25.8 Å². The van der Waals surface area contributed by atoms with Gasteiger partial charge in [-0.1, -0.05) is 56.3 Å². The molecule has 4 aromatic rings. The first kappa shape index (κ1) is 23.9. The maximum Gasteiger partial charge on any atom is 0.289 e. The SMILES string of the molecule is CCC(CC)NC(=O)c1cc(-c2cccc(-c3ncc(C(=O)N[C@@H](C)c4ccccc4)o3)c2)[nH]n1. The third kappa shape index (κ3) is 5.66. The fourth-order valence-electron chi connectivity index (χ4n) is 3.76. The van der Waals surface area contributed by atoms with E-state index in [0.29, 0.717) is 22.8 Å². The van der Waals surface area contributed by atoms with Crippen LogP contribution < -0.4 is 10.6 Å². The van der Waals surface area contributed by atoms with Crippen LogP contribution in [-0.2, 0) is 0 Å². The number of benzene rings is 2. The fraction of sp³-hybridized carbons (Fsp3) is 0.259. The average Bonchev–Trinajstić information content (AvgIpc) is 3.58. The summed E-state index contributed by atoms with van der Waals surface area (Å²) in [4.78, 5) is 29.4. The van der Waals surface area contributed by atoms with Crippen LogP contribution in [-0.4, -0.2) is 33.0 Å². The first-order valence-electron chi connectivity index (χ1n) is 11.8. The molecule has 1 atom stereocenters. The Balaban J connectivity index is 1.47. The van der Waals surface area contributed by atoms with Crippen LogP contribution in [0.3, 0.4) is 0 Å². The predicted molar refractivity (Wildman–Crippen MR) is 134 cm³/mol. The number of nitrogens with zero attached hydrogens (tertiary/aromatic N) is 2. The van der Waals surface area contributed by atoms with Gasteiger partial charge in [-0.25, -0.2) is 4.98 Å². The van der Waals surface area contributed by atoms with Gasteiger partial charge in [-0.3, -0.25) is 14.7 Å². The molecule has 2 heterocycles. The summed E-state index contributed by atoms with van der Waals surface area (Å²) in [5.41, 5.74) is 3.55. The number of aromatic nitrogens is 3. The van der Waals surface area contributed by atoms with E-state index in [1.807, 2.05) is 75.4 Å². The van der Waals surface area contributed by atoms with Crippen LogP contribution in [0.5, 0.6) is 0 Å². The molecule has 8 nitrogen and oxygen atoms in total. The third-order valence-corrected chi connectivity index (χ3v) is 5.93. The second-order valence-corrected chi connectivity index (χ2v) is 8.37. The van der Waals surface area contributed by atoms with Crippen LogP contribution >= 0.6 is 0 Å². The number of carbonyl (C=O) groups excluding carboxylic acids is 2. The Morgan fingerprint density at radius 1 is 0.943 bits per heavy atom. The van der Waals surface area contributed by atoms with Gasteiger partial charge in [0.05, 0.1) is 17.9 Å². The van der Waals surface area contributed by atoms with Crippen molar-refractivity contribution in [3.05, 3.63) is 83.9 Å². The van der Waals surface area contributed by atoms with Crippen molar-refractivity contribution in [1.82, 2.24) is 25.8 Å². The Bertz CT molecular complexity index is 1290. The van der Waals surface area contributed by atoms with Gasteiger partial charge in [0, 0.05) is 17.2 Å². The minimum absolute atomic E-state index is 0.123. The summed E-state index contributed by atoms with van der Waals surface area (Å²) in [5, 5.41) is 13.0. The van der Waals surface area contributed by atoms with E-state index in [0.717, 1.165) is 24.0 Å². The van der Waals surface area contributed by atoms with E-state index < -0.39 is 0 Å². The standard InChI is InChI=1S/C27H29N5O3/c1-4-21(5-2)30-25(33)23-15-22(31-32-23)19-12-9-13-20(14-19)27-28-16-24(35-27)26(34)29-17(3)18-10-7-6-8-11-18/h6-17,21H,4-5H2,1-3H3,(H,29,34)(H,30,33)(H,31,32)/t17-/m0/s1. The maximum absolute atomic E-state index is 12.7. The first-order valence-corrected chi connectivity index (χ1v) is 11.8. The number of rotatable bonds is 9. The molecule has 35 heavy (non-hydrogen) atoms. The second-order valence-electron chi connectivity index (χ2n) is 8.37. The molecule has 0 spiro atoms. The van der Waals surface area contributed by atoms with E-state index in [4.69, 9.17) is 4.42 Å². The molecule has 4 rings (SSSR count). The molecule has 2 aromatic carbocycles. The summed E-state index contributed by atoms with van der Waals surface area (Å²) < 4.78 is 5.76. The molecule has 3 N–H and O–H groups in total. The fourth-order valence-corrected chi connectivity index (χ4v) is 3.76. The van der Waals surface area contributed by atoms with Crippen LogP contribution in [0.1, 0.15) is 66.3 Å². The predicted octanol–water partition coefficient (Wildman–Crippen LogP) is 5.14. The summed E-state index contributed by atoms with van der Waals surface area (Å²) in [6.07, 6.45) is 3.15. The Morgan fingerprint density at radius 2 is 1.69 bits per heavy atom. The molecular formula is C27H29N5O3. The lowest BCUT2D eigenvalue weighted by Gasteiger charge is -2.13. The van der Waals surface area contributed by atoms with Gasteiger partial charge < -0.3 is 15.1 Å². The highest BCUT2D eigenvalue weighted by Gasteiger charge is 2.18. The van der Waals surface area contributed by atoms with Crippen molar-refractivity contribution in [1.29, 1.82) is 0 Å². The van der Waals surface area contributed by atoms with E-state index in [1.165, 1.54) is 6.20 Å². The number of hydrogen-bond acceptors (Lipinski definition) is 5. The summed E-state index contributed by atoms with van der Waals surface area (Å²) in [7, 11) is 0. The summed E-state index contributed by atoms with van der Waals surface area (Å²) in [5.74, 6) is -0.0750. The number of aromatic amines is 1. The molecule has 0 saturated carbocycles. The van der Waals surface area contributed by atoms with E-state index >= 15 is 0 Å². The number of amides is 2. The number of oxazole rings is 1. The molecule has 0 radical (unpaired) electrons. The van der Waals surface area contributed by atoms with Gasteiger partial charge in [-0.05, 0) is 43.5 Å². The normalized spacial score (nSPS) is 11.9. The molecule has 0 fully saturated rings. The topological polar surface area (TPSA) is 113 Å². The number of nitrogens with one attached hydrogen (secondary N) is 3. The summed E-state index contributed by atoms with van der Waals surface area (Å²) in [6, 6.07) is 18.9. The van der Waals surface area contributed by atoms with Crippen molar-refractivity contribution in [2.24, 2.45) is 0 Å². The first-order chi connectivity index (χ1) is 17.0. The number of carbonyl (C=O) groups is 2. The maximum atomic E-state index is 12.7.